The molecule has 0 spiro atoms. The molecule has 146 valence electrons. The number of nitrogens with one attached hydrogen (secondary N) is 1. The monoisotopic (exact) mass is 375 g/mol. The van der Waals surface area contributed by atoms with Crippen molar-refractivity contribution >= 4 is 16.7 Å². The summed E-state index contributed by atoms with van der Waals surface area (Å²) in [5.41, 5.74) is 4.82. The first-order valence-corrected chi connectivity index (χ1v) is 10.3. The van der Waals surface area contributed by atoms with E-state index in [4.69, 9.17) is 4.98 Å². The molecule has 2 N–H and O–H groups in total. The normalized spacial score (nSPS) is 20.9. The standard InChI is InChI=1S/C24H29N3O/c1-15-5-4-6-19(13-15)16(2)25-24-22-14-20(18-7-10-21(28)11-8-18)9-12-23(22)26-17(3)27-24/h4-6,9,12-14,16,18,21,28H,7-8,10-11H2,1-3H3,(H,25,26,27)/t16-,18-,21-/m1/s1. The molecule has 4 heteroatoms. The quantitative estimate of drug-likeness (QED) is 0.638. The molecule has 1 fully saturated rings. The van der Waals surface area contributed by atoms with E-state index in [9.17, 15) is 5.11 Å². The summed E-state index contributed by atoms with van der Waals surface area (Å²) < 4.78 is 0. The van der Waals surface area contributed by atoms with Crippen molar-refractivity contribution in [2.75, 3.05) is 5.32 Å². The van der Waals surface area contributed by atoms with Crippen LogP contribution in [-0.4, -0.2) is 21.2 Å². The second-order valence-corrected chi connectivity index (χ2v) is 8.18. The van der Waals surface area contributed by atoms with Crippen LogP contribution in [0.2, 0.25) is 0 Å². The Morgan fingerprint density at radius 2 is 1.79 bits per heavy atom. The number of hydrogen-bond acceptors (Lipinski definition) is 4. The molecular formula is C24H29N3O. The fourth-order valence-electron chi connectivity index (χ4n) is 4.26. The summed E-state index contributed by atoms with van der Waals surface area (Å²) in [7, 11) is 0. The molecule has 0 bridgehead atoms. The molecule has 0 saturated heterocycles. The first-order valence-electron chi connectivity index (χ1n) is 10.3. The zero-order valence-corrected chi connectivity index (χ0v) is 16.9. The van der Waals surface area contributed by atoms with Crippen LogP contribution in [0, 0.1) is 13.8 Å². The van der Waals surface area contributed by atoms with Gasteiger partial charge >= 0.3 is 0 Å². The molecule has 1 saturated carbocycles. The minimum Gasteiger partial charge on any atom is -0.393 e. The third kappa shape index (κ3) is 4.02. The summed E-state index contributed by atoms with van der Waals surface area (Å²) in [5, 5.41) is 14.5. The van der Waals surface area contributed by atoms with E-state index in [1.54, 1.807) is 0 Å². The summed E-state index contributed by atoms with van der Waals surface area (Å²) in [5.74, 6) is 2.19. The van der Waals surface area contributed by atoms with Crippen molar-refractivity contribution in [3.05, 3.63) is 65.0 Å². The summed E-state index contributed by atoms with van der Waals surface area (Å²) in [6, 6.07) is 15.3. The SMILES string of the molecule is Cc1cccc([C@@H](C)Nc2nc(C)nc3ccc([C@H]4CC[C@H](O)CC4)cc23)c1. The lowest BCUT2D eigenvalue weighted by Gasteiger charge is -2.26. The highest BCUT2D eigenvalue weighted by Gasteiger charge is 2.21. The maximum absolute atomic E-state index is 9.82. The van der Waals surface area contributed by atoms with Crippen LogP contribution in [0.25, 0.3) is 10.9 Å². The highest BCUT2D eigenvalue weighted by molar-refractivity contribution is 5.90. The molecule has 4 rings (SSSR count). The molecule has 1 atom stereocenters. The molecular weight excluding hydrogens is 346 g/mol. The molecule has 1 aliphatic carbocycles. The van der Waals surface area contributed by atoms with Crippen molar-refractivity contribution < 1.29 is 5.11 Å². The van der Waals surface area contributed by atoms with Crippen LogP contribution >= 0.6 is 0 Å². The van der Waals surface area contributed by atoms with Crippen molar-refractivity contribution in [2.45, 2.75) is 64.5 Å². The van der Waals surface area contributed by atoms with Crippen LogP contribution in [0.15, 0.2) is 42.5 Å². The van der Waals surface area contributed by atoms with Gasteiger partial charge in [-0.3, -0.25) is 0 Å². The lowest BCUT2D eigenvalue weighted by atomic mass is 9.82. The van der Waals surface area contributed by atoms with Crippen LogP contribution in [0.3, 0.4) is 0 Å². The van der Waals surface area contributed by atoms with Gasteiger partial charge in [-0.25, -0.2) is 9.97 Å². The van der Waals surface area contributed by atoms with Crippen molar-refractivity contribution in [3.8, 4) is 0 Å². The maximum Gasteiger partial charge on any atom is 0.138 e. The predicted molar refractivity (Wildman–Crippen MR) is 115 cm³/mol. The molecule has 1 aromatic heterocycles. The third-order valence-corrected chi connectivity index (χ3v) is 5.90. The summed E-state index contributed by atoms with van der Waals surface area (Å²) in [6.45, 7) is 6.23. The number of hydrogen-bond donors (Lipinski definition) is 2. The number of anilines is 1. The Kier molecular flexibility index (Phi) is 5.31. The minimum atomic E-state index is -0.130. The predicted octanol–water partition coefficient (Wildman–Crippen LogP) is 5.44. The maximum atomic E-state index is 9.82. The number of aromatic nitrogens is 2. The van der Waals surface area contributed by atoms with Gasteiger partial charge in [-0.05, 0) is 75.6 Å². The van der Waals surface area contributed by atoms with E-state index in [1.807, 2.05) is 6.92 Å². The topological polar surface area (TPSA) is 58.0 Å². The number of aryl methyl sites for hydroxylation is 2. The van der Waals surface area contributed by atoms with E-state index in [0.717, 1.165) is 48.2 Å². The van der Waals surface area contributed by atoms with Crippen molar-refractivity contribution in [3.63, 3.8) is 0 Å². The van der Waals surface area contributed by atoms with Crippen molar-refractivity contribution in [1.82, 2.24) is 9.97 Å². The number of rotatable bonds is 4. The zero-order chi connectivity index (χ0) is 19.7. The Hall–Kier alpha value is -2.46. The Morgan fingerprint density at radius 3 is 2.54 bits per heavy atom. The van der Waals surface area contributed by atoms with Crippen LogP contribution in [0.4, 0.5) is 5.82 Å². The zero-order valence-electron chi connectivity index (χ0n) is 16.9. The molecule has 2 aromatic carbocycles. The number of fused-ring (bicyclic) bond motifs is 1. The average molecular weight is 376 g/mol. The summed E-state index contributed by atoms with van der Waals surface area (Å²) in [4.78, 5) is 9.36. The smallest absolute Gasteiger partial charge is 0.138 e. The van der Waals surface area contributed by atoms with Crippen molar-refractivity contribution in [1.29, 1.82) is 0 Å². The van der Waals surface area contributed by atoms with E-state index in [2.05, 4.69) is 66.6 Å². The largest absolute Gasteiger partial charge is 0.393 e. The van der Waals surface area contributed by atoms with Gasteiger partial charge in [-0.1, -0.05) is 35.9 Å². The number of aliphatic hydroxyl groups excluding tert-OH is 1. The molecule has 0 amide bonds. The molecule has 28 heavy (non-hydrogen) atoms. The molecule has 0 radical (unpaired) electrons. The second kappa shape index (κ2) is 7.88. The van der Waals surface area contributed by atoms with Gasteiger partial charge in [-0.2, -0.15) is 0 Å². The number of benzene rings is 2. The molecule has 1 heterocycles. The van der Waals surface area contributed by atoms with Gasteiger partial charge in [0.15, 0.2) is 0 Å². The van der Waals surface area contributed by atoms with Gasteiger partial charge in [0.05, 0.1) is 11.6 Å². The molecule has 4 nitrogen and oxygen atoms in total. The Labute approximate surface area is 167 Å². The fourth-order valence-corrected chi connectivity index (χ4v) is 4.26. The first-order chi connectivity index (χ1) is 13.5. The Bertz CT molecular complexity index is 977. The van der Waals surface area contributed by atoms with Gasteiger partial charge in [0, 0.05) is 11.4 Å². The molecule has 0 aliphatic heterocycles. The molecule has 3 aromatic rings. The van der Waals surface area contributed by atoms with Crippen LogP contribution in [-0.2, 0) is 0 Å². The van der Waals surface area contributed by atoms with Gasteiger partial charge in [-0.15, -0.1) is 0 Å². The Morgan fingerprint density at radius 1 is 1.00 bits per heavy atom. The van der Waals surface area contributed by atoms with Gasteiger partial charge in [0.2, 0.25) is 0 Å². The average Bonchev–Trinajstić information content (AvgIpc) is 2.68. The van der Waals surface area contributed by atoms with Crippen molar-refractivity contribution in [2.24, 2.45) is 0 Å². The van der Waals surface area contributed by atoms with Crippen LogP contribution < -0.4 is 5.32 Å². The first kappa shape index (κ1) is 18.9. The molecule has 0 unspecified atom stereocenters. The number of aliphatic hydroxyl groups is 1. The second-order valence-electron chi connectivity index (χ2n) is 8.18. The fraction of sp³-hybridized carbons (Fsp3) is 0.417. The van der Waals surface area contributed by atoms with Crippen LogP contribution in [0.5, 0.6) is 0 Å². The van der Waals surface area contributed by atoms with E-state index >= 15 is 0 Å². The summed E-state index contributed by atoms with van der Waals surface area (Å²) >= 11 is 0. The number of nitrogens with zero attached hydrogens (tertiary/aromatic N) is 2. The van der Waals surface area contributed by atoms with E-state index in [1.165, 1.54) is 16.7 Å². The van der Waals surface area contributed by atoms with Gasteiger partial charge in [0.25, 0.3) is 0 Å². The van der Waals surface area contributed by atoms with Crippen LogP contribution in [0.1, 0.15) is 67.1 Å². The highest BCUT2D eigenvalue weighted by atomic mass is 16.3. The van der Waals surface area contributed by atoms with E-state index < -0.39 is 0 Å². The van der Waals surface area contributed by atoms with E-state index in [-0.39, 0.29) is 12.1 Å². The van der Waals surface area contributed by atoms with E-state index in [0.29, 0.717) is 5.92 Å². The molecule has 1 aliphatic rings. The van der Waals surface area contributed by atoms with Gasteiger partial charge in [0.1, 0.15) is 11.6 Å². The highest BCUT2D eigenvalue weighted by Crippen LogP contribution is 2.35. The van der Waals surface area contributed by atoms with Gasteiger partial charge < -0.3 is 10.4 Å². The third-order valence-electron chi connectivity index (χ3n) is 5.90. The summed E-state index contributed by atoms with van der Waals surface area (Å²) in [6.07, 6.45) is 3.74. The lowest BCUT2D eigenvalue weighted by molar-refractivity contribution is 0.122. The lowest BCUT2D eigenvalue weighted by Crippen LogP contribution is -2.17. The Balaban J connectivity index is 1.67. The minimum absolute atomic E-state index is 0.130.